The number of hydrogen-bond donors (Lipinski definition) is 0. The van der Waals surface area contributed by atoms with Gasteiger partial charge in [-0.1, -0.05) is 20.8 Å². The van der Waals surface area contributed by atoms with Crippen molar-refractivity contribution in [1.82, 2.24) is 4.57 Å². The van der Waals surface area contributed by atoms with Crippen molar-refractivity contribution in [2.24, 2.45) is 0 Å². The van der Waals surface area contributed by atoms with Crippen LogP contribution < -0.4 is 0 Å². The minimum atomic E-state index is -0.970. The van der Waals surface area contributed by atoms with Gasteiger partial charge in [-0.05, 0) is 52.5 Å². The quantitative estimate of drug-likeness (QED) is 0.706. The summed E-state index contributed by atoms with van der Waals surface area (Å²) in [6, 6.07) is 0. The largest absolute Gasteiger partial charge is 0.462 e. The summed E-state index contributed by atoms with van der Waals surface area (Å²) in [7, 11) is 0. The molecule has 1 heterocycles. The molecule has 27 heavy (non-hydrogen) atoms. The lowest BCUT2D eigenvalue weighted by atomic mass is 9.93. The molecule has 6 heteroatoms. The highest BCUT2D eigenvalue weighted by Gasteiger charge is 2.32. The van der Waals surface area contributed by atoms with Crippen molar-refractivity contribution in [3.8, 4) is 0 Å². The molecule has 154 valence electrons. The lowest BCUT2D eigenvalue weighted by Gasteiger charge is -2.22. The molecule has 1 atom stereocenters. The smallest absolute Gasteiger partial charge is 0.340 e. The number of carbonyl (C=O) groups is 2. The lowest BCUT2D eigenvalue weighted by Crippen LogP contribution is -2.28. The van der Waals surface area contributed by atoms with Crippen LogP contribution in [0.3, 0.4) is 0 Å². The van der Waals surface area contributed by atoms with Crippen molar-refractivity contribution in [3.63, 3.8) is 0 Å². The zero-order chi connectivity index (χ0) is 20.8. The third-order valence-electron chi connectivity index (χ3n) is 4.23. The van der Waals surface area contributed by atoms with E-state index in [9.17, 15) is 14.0 Å². The molecule has 1 aromatic heterocycles. The SMILES string of the molecule is CC.CCOC(=O)c1c2c(n(CC(=O)OC(C)(C)C)c1CC)CCC(F)C2. The van der Waals surface area contributed by atoms with Crippen LogP contribution in [-0.4, -0.2) is 34.9 Å². The Balaban J connectivity index is 0.00000176. The average Bonchev–Trinajstić information content (AvgIpc) is 2.87. The highest BCUT2D eigenvalue weighted by molar-refractivity contribution is 5.93. The maximum Gasteiger partial charge on any atom is 0.340 e. The van der Waals surface area contributed by atoms with Gasteiger partial charge in [-0.3, -0.25) is 4.79 Å². The Morgan fingerprint density at radius 1 is 1.22 bits per heavy atom. The first-order valence-corrected chi connectivity index (χ1v) is 9.94. The Hall–Kier alpha value is -1.85. The maximum absolute atomic E-state index is 14.0. The number of aromatic nitrogens is 1. The van der Waals surface area contributed by atoms with Gasteiger partial charge in [0.25, 0.3) is 0 Å². The third-order valence-corrected chi connectivity index (χ3v) is 4.23. The molecule has 0 saturated heterocycles. The Labute approximate surface area is 162 Å². The van der Waals surface area contributed by atoms with Crippen molar-refractivity contribution in [3.05, 3.63) is 22.5 Å². The van der Waals surface area contributed by atoms with Gasteiger partial charge in [0.1, 0.15) is 18.3 Å². The van der Waals surface area contributed by atoms with Crippen LogP contribution in [0.5, 0.6) is 0 Å². The van der Waals surface area contributed by atoms with Crippen molar-refractivity contribution < 1.29 is 23.5 Å². The summed E-state index contributed by atoms with van der Waals surface area (Å²) in [5, 5.41) is 0. The molecule has 1 aromatic rings. The van der Waals surface area contributed by atoms with Gasteiger partial charge < -0.3 is 14.0 Å². The van der Waals surface area contributed by atoms with Gasteiger partial charge >= 0.3 is 11.9 Å². The number of rotatable bonds is 5. The van der Waals surface area contributed by atoms with Gasteiger partial charge in [-0.15, -0.1) is 0 Å². The van der Waals surface area contributed by atoms with Crippen LogP contribution in [0.25, 0.3) is 0 Å². The molecular formula is C21H34FNO4. The summed E-state index contributed by atoms with van der Waals surface area (Å²) in [4.78, 5) is 24.8. The van der Waals surface area contributed by atoms with Gasteiger partial charge in [0, 0.05) is 17.8 Å². The molecule has 0 saturated carbocycles. The van der Waals surface area contributed by atoms with Crippen molar-refractivity contribution in [1.29, 1.82) is 0 Å². The van der Waals surface area contributed by atoms with Gasteiger partial charge in [0.2, 0.25) is 0 Å². The van der Waals surface area contributed by atoms with Gasteiger partial charge in [-0.25, -0.2) is 9.18 Å². The van der Waals surface area contributed by atoms with E-state index in [1.165, 1.54) is 0 Å². The molecule has 0 amide bonds. The van der Waals surface area contributed by atoms with Crippen molar-refractivity contribution in [2.45, 2.75) is 92.5 Å². The summed E-state index contributed by atoms with van der Waals surface area (Å²) in [6.45, 7) is 13.4. The third kappa shape index (κ3) is 5.81. The highest BCUT2D eigenvalue weighted by Crippen LogP contribution is 2.32. The zero-order valence-electron chi connectivity index (χ0n) is 17.8. The van der Waals surface area contributed by atoms with Crippen LogP contribution in [0.15, 0.2) is 0 Å². The minimum absolute atomic E-state index is 0.0269. The molecule has 0 aromatic carbocycles. The number of hydrogen-bond acceptors (Lipinski definition) is 4. The molecule has 0 N–H and O–H groups in total. The van der Waals surface area contributed by atoms with E-state index in [0.29, 0.717) is 30.4 Å². The van der Waals surface area contributed by atoms with Crippen LogP contribution in [0.4, 0.5) is 4.39 Å². The first kappa shape index (κ1) is 23.2. The van der Waals surface area contributed by atoms with E-state index in [2.05, 4.69) is 0 Å². The summed E-state index contributed by atoms with van der Waals surface area (Å²) < 4.78 is 26.4. The molecule has 0 fully saturated rings. The maximum atomic E-state index is 14.0. The Kier molecular flexibility index (Phi) is 8.51. The second-order valence-electron chi connectivity index (χ2n) is 7.33. The zero-order valence-corrected chi connectivity index (χ0v) is 17.8. The van der Waals surface area contributed by atoms with E-state index >= 15 is 0 Å². The predicted octanol–water partition coefficient (Wildman–Crippen LogP) is 4.42. The van der Waals surface area contributed by atoms with Gasteiger partial charge in [-0.2, -0.15) is 0 Å². The number of halogens is 1. The molecule has 2 rings (SSSR count). The topological polar surface area (TPSA) is 57.5 Å². The standard InChI is InChI=1S/C19H28FNO4.C2H6/c1-6-14-17(18(23)24-7-2)13-10-12(20)8-9-15(13)21(14)11-16(22)25-19(3,4)5;1-2/h12H,6-11H2,1-5H3;1-2H3. The molecule has 1 aliphatic rings. The monoisotopic (exact) mass is 383 g/mol. The van der Waals surface area contributed by atoms with E-state index in [0.717, 1.165) is 11.4 Å². The van der Waals surface area contributed by atoms with Gasteiger partial charge in [0.05, 0.1) is 12.2 Å². The molecule has 0 bridgehead atoms. The molecular weight excluding hydrogens is 349 g/mol. The Bertz CT molecular complexity index is 658. The van der Waals surface area contributed by atoms with Crippen LogP contribution in [0.2, 0.25) is 0 Å². The Morgan fingerprint density at radius 2 is 1.85 bits per heavy atom. The van der Waals surface area contributed by atoms with E-state index in [1.807, 2.05) is 46.1 Å². The van der Waals surface area contributed by atoms with E-state index < -0.39 is 17.7 Å². The minimum Gasteiger partial charge on any atom is -0.462 e. The van der Waals surface area contributed by atoms with E-state index in [-0.39, 0.29) is 25.5 Å². The summed E-state index contributed by atoms with van der Waals surface area (Å²) >= 11 is 0. The number of nitrogens with zero attached hydrogens (tertiary/aromatic N) is 1. The second-order valence-corrected chi connectivity index (χ2v) is 7.33. The number of alkyl halides is 1. The fraction of sp³-hybridized carbons (Fsp3) is 0.714. The molecule has 0 aliphatic heterocycles. The number of fused-ring (bicyclic) bond motifs is 1. The second kappa shape index (κ2) is 9.90. The lowest BCUT2D eigenvalue weighted by molar-refractivity contribution is -0.155. The van der Waals surface area contributed by atoms with Crippen LogP contribution in [-0.2, 0) is 40.1 Å². The highest BCUT2D eigenvalue weighted by atomic mass is 19.1. The first-order chi connectivity index (χ1) is 12.7. The number of carbonyl (C=O) groups excluding carboxylic acids is 2. The van der Waals surface area contributed by atoms with E-state index in [4.69, 9.17) is 9.47 Å². The van der Waals surface area contributed by atoms with Crippen molar-refractivity contribution in [2.75, 3.05) is 6.61 Å². The summed E-state index contributed by atoms with van der Waals surface area (Å²) in [5.41, 5.74) is 2.14. The molecule has 1 unspecified atom stereocenters. The van der Waals surface area contributed by atoms with Crippen LogP contribution >= 0.6 is 0 Å². The first-order valence-electron chi connectivity index (χ1n) is 9.94. The molecule has 1 aliphatic carbocycles. The molecule has 0 spiro atoms. The molecule has 5 nitrogen and oxygen atoms in total. The number of esters is 2. The average molecular weight is 384 g/mol. The Morgan fingerprint density at radius 3 is 2.37 bits per heavy atom. The van der Waals surface area contributed by atoms with Crippen molar-refractivity contribution >= 4 is 11.9 Å². The van der Waals surface area contributed by atoms with Crippen LogP contribution in [0.1, 0.15) is 82.2 Å². The van der Waals surface area contributed by atoms with Crippen LogP contribution in [0, 0.1) is 0 Å². The number of ether oxygens (including phenoxy) is 2. The van der Waals surface area contributed by atoms with E-state index in [1.54, 1.807) is 6.92 Å². The van der Waals surface area contributed by atoms with Gasteiger partial charge in [0.15, 0.2) is 0 Å². The summed E-state index contributed by atoms with van der Waals surface area (Å²) in [5.74, 6) is -0.801. The summed E-state index contributed by atoms with van der Waals surface area (Å²) in [6.07, 6.45) is 0.684. The fourth-order valence-corrected chi connectivity index (χ4v) is 3.41. The fourth-order valence-electron chi connectivity index (χ4n) is 3.41. The predicted molar refractivity (Wildman–Crippen MR) is 104 cm³/mol. The normalized spacial score (nSPS) is 16.1. The molecule has 0 radical (unpaired) electrons.